The molecule has 0 unspecified atom stereocenters. The van der Waals surface area contributed by atoms with Gasteiger partial charge in [-0.05, 0) is 0 Å². The van der Waals surface area contributed by atoms with Crippen molar-refractivity contribution in [3.05, 3.63) is 31.2 Å². The molecule has 0 saturated carbocycles. The van der Waals surface area contributed by atoms with E-state index in [2.05, 4.69) is 13.2 Å². The maximum absolute atomic E-state index is 9.72. The van der Waals surface area contributed by atoms with Crippen molar-refractivity contribution in [3.8, 4) is 0 Å². The van der Waals surface area contributed by atoms with E-state index in [-0.39, 0.29) is 0 Å². The average Bonchev–Trinajstić information content (AvgIpc) is 1.68. The summed E-state index contributed by atoms with van der Waals surface area (Å²) in [6.07, 6.45) is 3.76. The van der Waals surface area contributed by atoms with E-state index < -0.39 is 0 Å². The SMILES string of the molecule is C=C[CH-]C(=C)C=O. The second-order valence-electron chi connectivity index (χ2n) is 1.10. The number of hydrogen-bond acceptors (Lipinski definition) is 1. The highest BCUT2D eigenvalue weighted by Crippen LogP contribution is 1.88. The van der Waals surface area contributed by atoms with Gasteiger partial charge in [0, 0.05) is 0 Å². The maximum atomic E-state index is 9.72. The summed E-state index contributed by atoms with van der Waals surface area (Å²) in [7, 11) is 0. The molecule has 0 heterocycles. The Balaban J connectivity index is 3.36. The summed E-state index contributed by atoms with van der Waals surface area (Å²) in [6.45, 7) is 6.74. The van der Waals surface area contributed by atoms with Gasteiger partial charge in [0.1, 0.15) is 0 Å². The first-order valence-electron chi connectivity index (χ1n) is 1.91. The molecule has 0 N–H and O–H groups in total. The van der Waals surface area contributed by atoms with Gasteiger partial charge in [-0.1, -0.05) is 0 Å². The number of hydrogen-bond donors (Lipinski definition) is 0. The van der Waals surface area contributed by atoms with E-state index in [4.69, 9.17) is 0 Å². The molecular weight excluding hydrogens is 88.1 g/mol. The minimum absolute atomic E-state index is 0.454. The standard InChI is InChI=1S/C6H7O/c1-3-4-6(2)5-7/h3-5H,1-2H2/q-1. The summed E-state index contributed by atoms with van der Waals surface area (Å²) in [5.74, 6) is 0. The molecule has 0 aliphatic carbocycles. The Morgan fingerprint density at radius 1 is 1.71 bits per heavy atom. The molecule has 0 rings (SSSR count). The first kappa shape index (κ1) is 6.02. The Morgan fingerprint density at radius 3 is 2.43 bits per heavy atom. The highest BCUT2D eigenvalue weighted by Gasteiger charge is 1.70. The molecule has 0 radical (unpaired) electrons. The largest absolute Gasteiger partial charge is 0.355 e. The molecule has 0 bridgehead atoms. The monoisotopic (exact) mass is 95.1 g/mol. The van der Waals surface area contributed by atoms with Crippen LogP contribution in [-0.2, 0) is 4.79 Å². The zero-order valence-electron chi connectivity index (χ0n) is 4.05. The van der Waals surface area contributed by atoms with Crippen LogP contribution in [0.2, 0.25) is 0 Å². The summed E-state index contributed by atoms with van der Waals surface area (Å²) in [5.41, 5.74) is 0.454. The molecule has 0 aromatic heterocycles. The number of carbonyl (C=O) groups is 1. The molecule has 38 valence electrons. The minimum Gasteiger partial charge on any atom is -0.355 e. The van der Waals surface area contributed by atoms with Crippen LogP contribution in [0, 0.1) is 6.42 Å². The lowest BCUT2D eigenvalue weighted by Crippen LogP contribution is -1.76. The van der Waals surface area contributed by atoms with Gasteiger partial charge < -0.3 is 4.79 Å². The van der Waals surface area contributed by atoms with Gasteiger partial charge in [-0.3, -0.25) is 0 Å². The Labute approximate surface area is 43.3 Å². The predicted octanol–water partition coefficient (Wildman–Crippen LogP) is 1.13. The van der Waals surface area contributed by atoms with E-state index in [1.807, 2.05) is 0 Å². The van der Waals surface area contributed by atoms with Gasteiger partial charge in [-0.25, -0.2) is 0 Å². The molecule has 0 spiro atoms. The highest BCUT2D eigenvalue weighted by atomic mass is 16.1. The first-order chi connectivity index (χ1) is 3.31. The van der Waals surface area contributed by atoms with E-state index in [0.29, 0.717) is 11.9 Å². The lowest BCUT2D eigenvalue weighted by molar-refractivity contribution is -0.104. The van der Waals surface area contributed by atoms with Crippen LogP contribution >= 0.6 is 0 Å². The van der Waals surface area contributed by atoms with Crippen LogP contribution in [0.3, 0.4) is 0 Å². The second-order valence-corrected chi connectivity index (χ2v) is 1.10. The van der Waals surface area contributed by atoms with Crippen molar-refractivity contribution in [2.45, 2.75) is 0 Å². The number of carbonyl (C=O) groups excluding carboxylic acids is 1. The fourth-order valence-electron chi connectivity index (χ4n) is 0.191. The summed E-state index contributed by atoms with van der Waals surface area (Å²) < 4.78 is 0. The van der Waals surface area contributed by atoms with Gasteiger partial charge in [0.15, 0.2) is 0 Å². The van der Waals surface area contributed by atoms with Crippen molar-refractivity contribution in [3.63, 3.8) is 0 Å². The smallest absolute Gasteiger partial charge is 0.0652 e. The van der Waals surface area contributed by atoms with Crippen LogP contribution in [-0.4, -0.2) is 6.29 Å². The molecule has 1 heteroatoms. The maximum Gasteiger partial charge on any atom is 0.0652 e. The molecule has 0 aliphatic rings. The van der Waals surface area contributed by atoms with Gasteiger partial charge in [0.2, 0.25) is 0 Å². The minimum atomic E-state index is 0.454. The molecule has 0 aromatic carbocycles. The highest BCUT2D eigenvalue weighted by molar-refractivity contribution is 5.75. The van der Waals surface area contributed by atoms with E-state index >= 15 is 0 Å². The van der Waals surface area contributed by atoms with Crippen molar-refractivity contribution in [1.82, 2.24) is 0 Å². The molecule has 0 fully saturated rings. The lowest BCUT2D eigenvalue weighted by Gasteiger charge is -1.91. The summed E-state index contributed by atoms with van der Waals surface area (Å²) in [4.78, 5) is 9.72. The molecule has 0 aromatic rings. The molecule has 0 saturated heterocycles. The molecule has 0 aliphatic heterocycles. The van der Waals surface area contributed by atoms with Crippen molar-refractivity contribution >= 4 is 6.29 Å². The number of allylic oxidation sites excluding steroid dienone is 2. The Hall–Kier alpha value is -0.980. The van der Waals surface area contributed by atoms with Gasteiger partial charge in [-0.2, -0.15) is 19.2 Å². The van der Waals surface area contributed by atoms with Crippen molar-refractivity contribution in [2.24, 2.45) is 0 Å². The van der Waals surface area contributed by atoms with E-state index in [1.165, 1.54) is 6.08 Å². The van der Waals surface area contributed by atoms with Gasteiger partial charge in [0.25, 0.3) is 0 Å². The van der Waals surface area contributed by atoms with Crippen LogP contribution < -0.4 is 0 Å². The van der Waals surface area contributed by atoms with Crippen LogP contribution in [0.25, 0.3) is 0 Å². The zero-order valence-corrected chi connectivity index (χ0v) is 4.05. The Morgan fingerprint density at radius 2 is 2.29 bits per heavy atom. The zero-order chi connectivity index (χ0) is 5.70. The van der Waals surface area contributed by atoms with Crippen LogP contribution in [0.1, 0.15) is 0 Å². The number of rotatable bonds is 3. The van der Waals surface area contributed by atoms with Crippen molar-refractivity contribution in [1.29, 1.82) is 0 Å². The predicted molar refractivity (Wildman–Crippen MR) is 29.7 cm³/mol. The topological polar surface area (TPSA) is 17.1 Å². The quantitative estimate of drug-likeness (QED) is 0.292. The van der Waals surface area contributed by atoms with Crippen molar-refractivity contribution in [2.75, 3.05) is 0 Å². The van der Waals surface area contributed by atoms with Crippen LogP contribution in [0.15, 0.2) is 24.8 Å². The summed E-state index contributed by atoms with van der Waals surface area (Å²) >= 11 is 0. The molecule has 1 nitrogen and oxygen atoms in total. The Bertz CT molecular complexity index is 92.4. The van der Waals surface area contributed by atoms with Gasteiger partial charge in [-0.15, -0.1) is 12.0 Å². The summed E-state index contributed by atoms with van der Waals surface area (Å²) in [5, 5.41) is 0. The molecule has 0 atom stereocenters. The van der Waals surface area contributed by atoms with Crippen LogP contribution in [0.5, 0.6) is 0 Å². The van der Waals surface area contributed by atoms with Gasteiger partial charge in [0.05, 0.1) is 6.29 Å². The third kappa shape index (κ3) is 2.83. The summed E-state index contributed by atoms with van der Waals surface area (Å²) in [6, 6.07) is 0. The fourth-order valence-corrected chi connectivity index (χ4v) is 0.191. The normalized spacial score (nSPS) is 6.86. The third-order valence-corrected chi connectivity index (χ3v) is 0.483. The third-order valence-electron chi connectivity index (χ3n) is 0.483. The van der Waals surface area contributed by atoms with Crippen molar-refractivity contribution < 1.29 is 4.79 Å². The van der Waals surface area contributed by atoms with Crippen LogP contribution in [0.4, 0.5) is 0 Å². The van der Waals surface area contributed by atoms with E-state index in [1.54, 1.807) is 6.42 Å². The molecular formula is C6H7O-. The number of aldehydes is 1. The Kier molecular flexibility index (Phi) is 2.77. The first-order valence-corrected chi connectivity index (χ1v) is 1.91. The second kappa shape index (κ2) is 3.22. The fraction of sp³-hybridized carbons (Fsp3) is 0. The van der Waals surface area contributed by atoms with Gasteiger partial charge >= 0.3 is 0 Å². The van der Waals surface area contributed by atoms with E-state index in [0.717, 1.165) is 0 Å². The average molecular weight is 95.1 g/mol. The molecule has 7 heavy (non-hydrogen) atoms. The molecule has 0 amide bonds. The lowest BCUT2D eigenvalue weighted by atomic mass is 10.2. The van der Waals surface area contributed by atoms with E-state index in [9.17, 15) is 4.79 Å².